The van der Waals surface area contributed by atoms with Gasteiger partial charge in [-0.25, -0.2) is 4.39 Å². The van der Waals surface area contributed by atoms with Crippen LogP contribution in [0.2, 0.25) is 0 Å². The number of rotatable bonds is 2. The molecule has 1 aliphatic heterocycles. The van der Waals surface area contributed by atoms with Gasteiger partial charge in [-0.1, -0.05) is 24.3 Å². The molecule has 2 atom stereocenters. The number of carbonyl (C=O) groups excluding carboxylic acids is 1. The molecule has 1 saturated carbocycles. The van der Waals surface area contributed by atoms with Gasteiger partial charge in [0.05, 0.1) is 11.6 Å². The number of hydrogen-bond acceptors (Lipinski definition) is 2. The zero-order valence-corrected chi connectivity index (χ0v) is 13.2. The van der Waals surface area contributed by atoms with Gasteiger partial charge in [0, 0.05) is 36.3 Å². The van der Waals surface area contributed by atoms with Crippen molar-refractivity contribution in [2.75, 3.05) is 13.1 Å². The highest BCUT2D eigenvalue weighted by molar-refractivity contribution is 5.82. The minimum absolute atomic E-state index is 0.0203. The molecular weight excluding hydrogens is 293 g/mol. The van der Waals surface area contributed by atoms with E-state index >= 15 is 0 Å². The number of benzene rings is 1. The molecule has 2 aromatic rings. The van der Waals surface area contributed by atoms with Crippen LogP contribution in [0, 0.1) is 12.8 Å². The number of nitrogens with zero attached hydrogens (tertiary/aromatic N) is 2. The highest BCUT2D eigenvalue weighted by Crippen LogP contribution is 2.36. The predicted octanol–water partition coefficient (Wildman–Crippen LogP) is 2.67. The summed E-state index contributed by atoms with van der Waals surface area (Å²) >= 11 is 0. The summed E-state index contributed by atoms with van der Waals surface area (Å²) in [4.78, 5) is 14.1. The summed E-state index contributed by atoms with van der Waals surface area (Å²) in [5.74, 6) is -0.409. The van der Waals surface area contributed by atoms with Crippen molar-refractivity contribution in [2.24, 2.45) is 5.92 Å². The first kappa shape index (κ1) is 14.4. The zero-order valence-electron chi connectivity index (χ0n) is 13.2. The predicted molar refractivity (Wildman–Crippen MR) is 85.8 cm³/mol. The third kappa shape index (κ3) is 2.54. The largest absolute Gasteiger partial charge is 0.342 e. The molecule has 0 saturated heterocycles. The molecule has 0 spiro atoms. The van der Waals surface area contributed by atoms with E-state index in [-0.39, 0.29) is 11.8 Å². The molecule has 1 N–H and O–H groups in total. The van der Waals surface area contributed by atoms with Crippen LogP contribution in [-0.2, 0) is 17.6 Å². The highest BCUT2D eigenvalue weighted by Gasteiger charge is 2.45. The molecule has 0 bridgehead atoms. The lowest BCUT2D eigenvalue weighted by molar-refractivity contribution is -0.132. The molecule has 120 valence electrons. The average Bonchev–Trinajstić information content (AvgIpc) is 3.21. The Kier molecular flexibility index (Phi) is 3.43. The van der Waals surface area contributed by atoms with Crippen molar-refractivity contribution in [1.82, 2.24) is 15.1 Å². The number of aromatic amines is 1. The van der Waals surface area contributed by atoms with Crippen molar-refractivity contribution in [3.8, 4) is 11.3 Å². The summed E-state index contributed by atoms with van der Waals surface area (Å²) in [6.07, 6.45) is 0.998. The van der Waals surface area contributed by atoms with Gasteiger partial charge in [-0.15, -0.1) is 0 Å². The lowest BCUT2D eigenvalue weighted by atomic mass is 9.99. The molecule has 2 heterocycles. The van der Waals surface area contributed by atoms with Crippen molar-refractivity contribution >= 4 is 5.91 Å². The van der Waals surface area contributed by atoms with Crippen LogP contribution in [0.4, 0.5) is 4.39 Å². The second kappa shape index (κ2) is 5.48. The van der Waals surface area contributed by atoms with Gasteiger partial charge in [-0.2, -0.15) is 5.10 Å². The Balaban J connectivity index is 1.58. The number of carbonyl (C=O) groups is 1. The third-order valence-corrected chi connectivity index (χ3v) is 4.96. The number of H-pyrrole nitrogens is 1. The maximum Gasteiger partial charge on any atom is 0.228 e. The molecule has 4 nitrogen and oxygen atoms in total. The van der Waals surface area contributed by atoms with Crippen molar-refractivity contribution in [1.29, 1.82) is 0 Å². The second-order valence-electron chi connectivity index (χ2n) is 6.53. The summed E-state index contributed by atoms with van der Waals surface area (Å²) in [7, 11) is 0. The Morgan fingerprint density at radius 1 is 1.30 bits per heavy atom. The Labute approximate surface area is 134 Å². The molecule has 0 radical (unpaired) electrons. The minimum atomic E-state index is -0.923. The van der Waals surface area contributed by atoms with E-state index in [0.717, 1.165) is 29.8 Å². The first-order valence-corrected chi connectivity index (χ1v) is 8.20. The molecule has 1 amide bonds. The van der Waals surface area contributed by atoms with Crippen molar-refractivity contribution < 1.29 is 9.18 Å². The van der Waals surface area contributed by atoms with Crippen molar-refractivity contribution in [3.63, 3.8) is 0 Å². The average molecular weight is 313 g/mol. The van der Waals surface area contributed by atoms with Crippen LogP contribution in [0.3, 0.4) is 0 Å². The third-order valence-electron chi connectivity index (χ3n) is 4.96. The van der Waals surface area contributed by atoms with Gasteiger partial charge in [0.1, 0.15) is 6.17 Å². The molecule has 23 heavy (non-hydrogen) atoms. The molecular formula is C18H20FN3O. The summed E-state index contributed by atoms with van der Waals surface area (Å²) in [6, 6.07) is 8.20. The summed E-state index contributed by atoms with van der Waals surface area (Å²) in [5, 5.41) is 7.65. The van der Waals surface area contributed by atoms with Gasteiger partial charge in [0.2, 0.25) is 5.91 Å². The number of amides is 1. The highest BCUT2D eigenvalue weighted by atomic mass is 19.1. The Hall–Kier alpha value is -2.17. The van der Waals surface area contributed by atoms with Crippen molar-refractivity contribution in [2.45, 2.75) is 32.4 Å². The van der Waals surface area contributed by atoms with E-state index in [2.05, 4.69) is 29.3 Å². The number of halogens is 1. The van der Waals surface area contributed by atoms with E-state index in [1.54, 1.807) is 0 Å². The standard InChI is InChI=1S/C18H20FN3O/c1-11-4-2-3-5-12(11)17-13-6-8-22(9-7-16(13)20-21-17)18(23)14-10-15(14)19/h2-5,14-15H,6-10H2,1H3,(H,20,21)/t14-,15-/m1/s1. The molecule has 1 aromatic carbocycles. The number of aryl methyl sites for hydroxylation is 1. The number of aromatic nitrogens is 2. The fraction of sp³-hybridized carbons (Fsp3) is 0.444. The van der Waals surface area contributed by atoms with Gasteiger partial charge in [-0.05, 0) is 25.3 Å². The lowest BCUT2D eigenvalue weighted by Crippen LogP contribution is -2.35. The molecule has 4 rings (SSSR count). The maximum atomic E-state index is 13.2. The second-order valence-corrected chi connectivity index (χ2v) is 6.53. The van der Waals surface area contributed by atoms with Crippen LogP contribution in [0.1, 0.15) is 23.2 Å². The number of alkyl halides is 1. The van der Waals surface area contributed by atoms with Crippen LogP contribution in [-0.4, -0.2) is 40.3 Å². The van der Waals surface area contributed by atoms with E-state index < -0.39 is 6.17 Å². The minimum Gasteiger partial charge on any atom is -0.342 e. The normalized spacial score (nSPS) is 23.3. The summed E-state index contributed by atoms with van der Waals surface area (Å²) < 4.78 is 13.2. The van der Waals surface area contributed by atoms with Gasteiger partial charge in [-0.3, -0.25) is 9.89 Å². The topological polar surface area (TPSA) is 49.0 Å². The molecule has 0 unspecified atom stereocenters. The molecule has 2 aliphatic rings. The fourth-order valence-corrected chi connectivity index (χ4v) is 3.42. The van der Waals surface area contributed by atoms with Crippen LogP contribution in [0.5, 0.6) is 0 Å². The maximum absolute atomic E-state index is 13.2. The van der Waals surface area contributed by atoms with E-state index in [1.807, 2.05) is 17.0 Å². The van der Waals surface area contributed by atoms with Gasteiger partial charge >= 0.3 is 0 Å². The summed E-state index contributed by atoms with van der Waals surface area (Å²) in [6.45, 7) is 3.37. The van der Waals surface area contributed by atoms with Crippen LogP contribution in [0.15, 0.2) is 24.3 Å². The van der Waals surface area contributed by atoms with E-state index in [9.17, 15) is 9.18 Å². The van der Waals surface area contributed by atoms with E-state index in [4.69, 9.17) is 0 Å². The molecule has 1 fully saturated rings. The lowest BCUT2D eigenvalue weighted by Gasteiger charge is -2.20. The molecule has 1 aliphatic carbocycles. The monoisotopic (exact) mass is 313 g/mol. The Morgan fingerprint density at radius 2 is 2.04 bits per heavy atom. The first-order chi connectivity index (χ1) is 11.1. The smallest absolute Gasteiger partial charge is 0.228 e. The fourth-order valence-electron chi connectivity index (χ4n) is 3.42. The Bertz CT molecular complexity index is 754. The number of fused-ring (bicyclic) bond motifs is 1. The molecule has 5 heteroatoms. The van der Waals surface area contributed by atoms with Gasteiger partial charge in [0.25, 0.3) is 0 Å². The van der Waals surface area contributed by atoms with E-state index in [0.29, 0.717) is 19.5 Å². The SMILES string of the molecule is Cc1ccccc1-c1n[nH]c2c1CCN(C(=O)[C@@H]1C[C@H]1F)CC2. The van der Waals surface area contributed by atoms with Crippen LogP contribution in [0.25, 0.3) is 11.3 Å². The van der Waals surface area contributed by atoms with Crippen LogP contribution < -0.4 is 0 Å². The first-order valence-electron chi connectivity index (χ1n) is 8.20. The number of hydrogen-bond donors (Lipinski definition) is 1. The Morgan fingerprint density at radius 3 is 2.78 bits per heavy atom. The van der Waals surface area contributed by atoms with E-state index in [1.165, 1.54) is 11.1 Å². The molecule has 1 aromatic heterocycles. The summed E-state index contributed by atoms with van der Waals surface area (Å²) in [5.41, 5.74) is 5.61. The van der Waals surface area contributed by atoms with Gasteiger partial charge < -0.3 is 4.90 Å². The van der Waals surface area contributed by atoms with Gasteiger partial charge in [0.15, 0.2) is 0 Å². The zero-order chi connectivity index (χ0) is 16.0. The number of nitrogens with one attached hydrogen (secondary N) is 1. The van der Waals surface area contributed by atoms with Crippen molar-refractivity contribution in [3.05, 3.63) is 41.1 Å². The quantitative estimate of drug-likeness (QED) is 0.926. The van der Waals surface area contributed by atoms with Crippen LogP contribution >= 0.6 is 0 Å².